The Morgan fingerprint density at radius 3 is 2.67 bits per heavy atom. The smallest absolute Gasteiger partial charge is 0.150 e. The first-order chi connectivity index (χ1) is 11.7. The molecule has 0 saturated heterocycles. The van der Waals surface area contributed by atoms with Gasteiger partial charge in [-0.05, 0) is 37.5 Å². The molecule has 24 heavy (non-hydrogen) atoms. The molecule has 2 heterocycles. The van der Waals surface area contributed by atoms with Gasteiger partial charge in [-0.15, -0.1) is 0 Å². The average molecular weight is 323 g/mol. The van der Waals surface area contributed by atoms with Crippen LogP contribution in [-0.2, 0) is 19.7 Å². The summed E-state index contributed by atoms with van der Waals surface area (Å²) in [5.41, 5.74) is 5.76. The lowest BCUT2D eigenvalue weighted by atomic mass is 10.1. The molecule has 4 heteroatoms. The molecule has 0 atom stereocenters. The molecule has 0 aliphatic carbocycles. The minimum absolute atomic E-state index is 0.0558. The maximum absolute atomic E-state index is 9.78. The van der Waals surface area contributed by atoms with Crippen molar-refractivity contribution in [2.75, 3.05) is 5.32 Å². The van der Waals surface area contributed by atoms with E-state index in [1.807, 2.05) is 12.3 Å². The Kier molecular flexibility index (Phi) is 4.86. The highest BCUT2D eigenvalue weighted by atomic mass is 16.3. The lowest BCUT2D eigenvalue weighted by molar-refractivity contribution is 0.282. The standard InChI is InChI=1S/C20H25N3O/c1-4-11-23-15(3)18(13-24)17-9-10-21-20(19(17)23)22-12-16-8-6-5-7-14(16)2/h5-10,24H,4,11-13H2,1-3H3,(H,21,22). The zero-order valence-electron chi connectivity index (χ0n) is 14.6. The van der Waals surface area contributed by atoms with Gasteiger partial charge < -0.3 is 15.0 Å². The fourth-order valence-electron chi connectivity index (χ4n) is 3.32. The van der Waals surface area contributed by atoms with Crippen molar-refractivity contribution in [1.29, 1.82) is 0 Å². The SMILES string of the molecule is CCCn1c(C)c(CO)c2ccnc(NCc3ccccc3C)c21. The number of aliphatic hydroxyl groups is 1. The monoisotopic (exact) mass is 323 g/mol. The molecule has 2 aromatic heterocycles. The van der Waals surface area contributed by atoms with Crippen LogP contribution in [0.2, 0.25) is 0 Å². The minimum atomic E-state index is 0.0558. The highest BCUT2D eigenvalue weighted by molar-refractivity contribution is 5.93. The first-order valence-electron chi connectivity index (χ1n) is 8.53. The number of rotatable bonds is 6. The summed E-state index contributed by atoms with van der Waals surface area (Å²) in [5.74, 6) is 0.881. The first-order valence-corrected chi connectivity index (χ1v) is 8.53. The summed E-state index contributed by atoms with van der Waals surface area (Å²) in [7, 11) is 0. The van der Waals surface area contributed by atoms with Crippen LogP contribution in [0.25, 0.3) is 10.9 Å². The van der Waals surface area contributed by atoms with Gasteiger partial charge in [0.25, 0.3) is 0 Å². The van der Waals surface area contributed by atoms with Crippen LogP contribution < -0.4 is 5.32 Å². The van der Waals surface area contributed by atoms with Crippen LogP contribution in [0.5, 0.6) is 0 Å². The third-order valence-corrected chi connectivity index (χ3v) is 4.67. The summed E-state index contributed by atoms with van der Waals surface area (Å²) >= 11 is 0. The zero-order valence-corrected chi connectivity index (χ0v) is 14.6. The molecular weight excluding hydrogens is 298 g/mol. The van der Waals surface area contributed by atoms with E-state index in [-0.39, 0.29) is 6.61 Å². The van der Waals surface area contributed by atoms with E-state index in [4.69, 9.17) is 0 Å². The first kappa shape index (κ1) is 16.5. The molecule has 0 aliphatic heterocycles. The van der Waals surface area contributed by atoms with Crippen molar-refractivity contribution in [1.82, 2.24) is 9.55 Å². The molecule has 4 nitrogen and oxygen atoms in total. The molecule has 0 spiro atoms. The van der Waals surface area contributed by atoms with Gasteiger partial charge >= 0.3 is 0 Å². The summed E-state index contributed by atoms with van der Waals surface area (Å²) in [5, 5.41) is 14.4. The summed E-state index contributed by atoms with van der Waals surface area (Å²) < 4.78 is 2.27. The third-order valence-electron chi connectivity index (χ3n) is 4.67. The number of nitrogens with one attached hydrogen (secondary N) is 1. The largest absolute Gasteiger partial charge is 0.392 e. The van der Waals surface area contributed by atoms with E-state index in [0.717, 1.165) is 47.5 Å². The summed E-state index contributed by atoms with van der Waals surface area (Å²) in [6, 6.07) is 10.4. The zero-order chi connectivity index (χ0) is 17.1. The van der Waals surface area contributed by atoms with Crippen molar-refractivity contribution in [3.05, 3.63) is 58.9 Å². The van der Waals surface area contributed by atoms with E-state index in [0.29, 0.717) is 0 Å². The maximum Gasteiger partial charge on any atom is 0.150 e. The summed E-state index contributed by atoms with van der Waals surface area (Å²) in [6.07, 6.45) is 2.86. The number of nitrogens with zero attached hydrogens (tertiary/aromatic N) is 2. The van der Waals surface area contributed by atoms with E-state index >= 15 is 0 Å². The Morgan fingerprint density at radius 1 is 1.17 bits per heavy atom. The van der Waals surface area contributed by atoms with Crippen LogP contribution in [0.4, 0.5) is 5.82 Å². The highest BCUT2D eigenvalue weighted by Gasteiger charge is 2.16. The number of aliphatic hydroxyl groups excluding tert-OH is 1. The van der Waals surface area contributed by atoms with E-state index in [1.165, 1.54) is 11.1 Å². The van der Waals surface area contributed by atoms with Gasteiger partial charge in [0.1, 0.15) is 0 Å². The molecule has 0 aliphatic rings. The van der Waals surface area contributed by atoms with Gasteiger partial charge in [0.2, 0.25) is 0 Å². The third kappa shape index (κ3) is 2.89. The normalized spacial score (nSPS) is 11.2. The van der Waals surface area contributed by atoms with Crippen LogP contribution in [0, 0.1) is 13.8 Å². The van der Waals surface area contributed by atoms with Crippen LogP contribution in [0.1, 0.15) is 35.7 Å². The molecule has 0 saturated carbocycles. The molecule has 0 bridgehead atoms. The van der Waals surface area contributed by atoms with E-state index < -0.39 is 0 Å². The van der Waals surface area contributed by atoms with Gasteiger partial charge in [0, 0.05) is 35.9 Å². The van der Waals surface area contributed by atoms with Crippen LogP contribution in [0.15, 0.2) is 36.5 Å². The number of aryl methyl sites for hydroxylation is 2. The Labute approximate surface area is 143 Å². The van der Waals surface area contributed by atoms with Crippen LogP contribution >= 0.6 is 0 Å². The molecule has 0 fully saturated rings. The predicted molar refractivity (Wildman–Crippen MR) is 99.2 cm³/mol. The number of pyridine rings is 1. The second-order valence-electron chi connectivity index (χ2n) is 6.21. The Morgan fingerprint density at radius 2 is 1.96 bits per heavy atom. The van der Waals surface area contributed by atoms with Crippen molar-refractivity contribution in [2.24, 2.45) is 0 Å². The Bertz CT molecular complexity index is 851. The molecule has 3 aromatic rings. The second-order valence-corrected chi connectivity index (χ2v) is 6.21. The predicted octanol–water partition coefficient (Wildman–Crippen LogP) is 4.17. The van der Waals surface area contributed by atoms with Crippen molar-refractivity contribution < 1.29 is 5.11 Å². The number of hydrogen-bond donors (Lipinski definition) is 2. The minimum Gasteiger partial charge on any atom is -0.392 e. The number of anilines is 1. The molecule has 3 rings (SSSR count). The van der Waals surface area contributed by atoms with E-state index in [1.54, 1.807) is 0 Å². The quantitative estimate of drug-likeness (QED) is 0.716. The molecule has 126 valence electrons. The van der Waals surface area contributed by atoms with Gasteiger partial charge in [-0.25, -0.2) is 4.98 Å². The fourth-order valence-corrected chi connectivity index (χ4v) is 3.32. The van der Waals surface area contributed by atoms with Gasteiger partial charge in [-0.3, -0.25) is 0 Å². The number of benzene rings is 1. The van der Waals surface area contributed by atoms with Crippen LogP contribution in [0.3, 0.4) is 0 Å². The van der Waals surface area contributed by atoms with Gasteiger partial charge in [0.05, 0.1) is 12.1 Å². The second kappa shape index (κ2) is 7.05. The lowest BCUT2D eigenvalue weighted by Crippen LogP contribution is -2.06. The van der Waals surface area contributed by atoms with Crippen LogP contribution in [-0.4, -0.2) is 14.7 Å². The topological polar surface area (TPSA) is 50.1 Å². The van der Waals surface area contributed by atoms with Crippen molar-refractivity contribution >= 4 is 16.7 Å². The molecular formula is C20H25N3O. The van der Waals surface area contributed by atoms with Gasteiger partial charge in [-0.1, -0.05) is 31.2 Å². The molecule has 2 N–H and O–H groups in total. The maximum atomic E-state index is 9.78. The van der Waals surface area contributed by atoms with E-state index in [9.17, 15) is 5.11 Å². The van der Waals surface area contributed by atoms with Gasteiger partial charge in [0.15, 0.2) is 5.82 Å². The number of fused-ring (bicyclic) bond motifs is 1. The fraction of sp³-hybridized carbons (Fsp3) is 0.350. The molecule has 1 aromatic carbocycles. The average Bonchev–Trinajstić information content (AvgIpc) is 2.86. The lowest BCUT2D eigenvalue weighted by Gasteiger charge is -2.12. The van der Waals surface area contributed by atoms with Crippen molar-refractivity contribution in [2.45, 2.75) is 46.9 Å². The number of aromatic nitrogens is 2. The van der Waals surface area contributed by atoms with Crippen molar-refractivity contribution in [3.8, 4) is 0 Å². The molecule has 0 radical (unpaired) electrons. The summed E-state index contributed by atoms with van der Waals surface area (Å²) in [6.45, 7) is 8.09. The van der Waals surface area contributed by atoms with Gasteiger partial charge in [-0.2, -0.15) is 0 Å². The van der Waals surface area contributed by atoms with Crippen molar-refractivity contribution in [3.63, 3.8) is 0 Å². The molecule has 0 amide bonds. The Hall–Kier alpha value is -2.33. The molecule has 0 unspecified atom stereocenters. The number of hydrogen-bond acceptors (Lipinski definition) is 3. The highest BCUT2D eigenvalue weighted by Crippen LogP contribution is 2.30. The summed E-state index contributed by atoms with van der Waals surface area (Å²) in [4.78, 5) is 4.57. The Balaban J connectivity index is 2.03. The van der Waals surface area contributed by atoms with E-state index in [2.05, 4.69) is 59.9 Å².